The first-order valence-corrected chi connectivity index (χ1v) is 5.86. The van der Waals surface area contributed by atoms with Crippen LogP contribution in [0.3, 0.4) is 0 Å². The summed E-state index contributed by atoms with van der Waals surface area (Å²) < 4.78 is 0. The highest BCUT2D eigenvalue weighted by atomic mass is 35.5. The molecule has 1 amide bonds. The van der Waals surface area contributed by atoms with Crippen molar-refractivity contribution in [2.75, 3.05) is 19.6 Å². The van der Waals surface area contributed by atoms with Gasteiger partial charge in [-0.2, -0.15) is 0 Å². The van der Waals surface area contributed by atoms with Gasteiger partial charge >= 0.3 is 5.97 Å². The molecule has 1 saturated heterocycles. The fourth-order valence-electron chi connectivity index (χ4n) is 2.15. The van der Waals surface area contributed by atoms with Gasteiger partial charge < -0.3 is 10.4 Å². The van der Waals surface area contributed by atoms with E-state index in [9.17, 15) is 9.59 Å². The Kier molecular flexibility index (Phi) is 7.91. The number of likely N-dealkylation sites (tertiary alicyclic amines) is 1. The summed E-state index contributed by atoms with van der Waals surface area (Å²) in [5, 5.41) is 10.8. The molecule has 5 nitrogen and oxygen atoms in total. The second-order valence-electron chi connectivity index (χ2n) is 4.20. The Balaban J connectivity index is 0.00000256. The monoisotopic (exact) mass is 264 g/mol. The highest BCUT2D eigenvalue weighted by Gasteiger charge is 2.22. The third-order valence-corrected chi connectivity index (χ3v) is 3.00. The molecule has 2 N–H and O–H groups in total. The minimum atomic E-state index is -1.00. The van der Waals surface area contributed by atoms with Gasteiger partial charge in [0.05, 0.1) is 6.54 Å². The van der Waals surface area contributed by atoms with E-state index < -0.39 is 5.97 Å². The van der Waals surface area contributed by atoms with E-state index in [0.29, 0.717) is 12.6 Å². The molecule has 1 heterocycles. The molecule has 0 bridgehead atoms. The normalized spacial score (nSPS) is 20.4. The maximum absolute atomic E-state index is 11.5. The van der Waals surface area contributed by atoms with Crippen LogP contribution in [0.4, 0.5) is 0 Å². The minimum Gasteiger partial charge on any atom is -0.480 e. The number of amides is 1. The molecule has 1 aliphatic rings. The lowest BCUT2D eigenvalue weighted by Crippen LogP contribution is -2.46. The number of carboxylic acid groups (broad SMARTS) is 1. The van der Waals surface area contributed by atoms with E-state index in [0.717, 1.165) is 25.8 Å². The number of halogens is 1. The number of piperidine rings is 1. The first-order valence-electron chi connectivity index (χ1n) is 5.86. The highest BCUT2D eigenvalue weighted by Crippen LogP contribution is 2.18. The van der Waals surface area contributed by atoms with Crippen LogP contribution in [-0.2, 0) is 9.59 Å². The number of rotatable bonds is 5. The number of nitrogens with zero attached hydrogens (tertiary/aromatic N) is 1. The standard InChI is InChI=1S/C11H20N2O3.ClH/c1-2-9-5-3-4-6-13(9)8-10(14)12-7-11(15)16;/h9H,2-8H2,1H3,(H,12,14)(H,15,16);1H. The Labute approximate surface area is 108 Å². The molecule has 0 aromatic carbocycles. The molecule has 0 saturated carbocycles. The van der Waals surface area contributed by atoms with Crippen LogP contribution in [0.1, 0.15) is 32.6 Å². The predicted octanol–water partition coefficient (Wildman–Crippen LogP) is 0.873. The van der Waals surface area contributed by atoms with Crippen molar-refractivity contribution in [3.63, 3.8) is 0 Å². The lowest BCUT2D eigenvalue weighted by atomic mass is 10.0. The fourth-order valence-corrected chi connectivity index (χ4v) is 2.15. The molecule has 17 heavy (non-hydrogen) atoms. The van der Waals surface area contributed by atoms with Gasteiger partial charge in [0, 0.05) is 6.04 Å². The summed E-state index contributed by atoms with van der Waals surface area (Å²) >= 11 is 0. The molecule has 0 spiro atoms. The second-order valence-corrected chi connectivity index (χ2v) is 4.20. The largest absolute Gasteiger partial charge is 0.480 e. The van der Waals surface area contributed by atoms with Gasteiger partial charge in [-0.05, 0) is 25.8 Å². The molecule has 0 aromatic heterocycles. The third kappa shape index (κ3) is 5.89. The SMILES string of the molecule is CCC1CCCCN1CC(=O)NCC(=O)O.Cl. The maximum Gasteiger partial charge on any atom is 0.322 e. The van der Waals surface area contributed by atoms with Crippen LogP contribution in [0.15, 0.2) is 0 Å². The Morgan fingerprint density at radius 1 is 1.41 bits per heavy atom. The highest BCUT2D eigenvalue weighted by molar-refractivity contribution is 5.85. The number of hydrogen-bond donors (Lipinski definition) is 2. The molecule has 100 valence electrons. The van der Waals surface area contributed by atoms with Crippen LogP contribution in [0, 0.1) is 0 Å². The van der Waals surface area contributed by atoms with Gasteiger partial charge in [-0.1, -0.05) is 13.3 Å². The van der Waals surface area contributed by atoms with Gasteiger partial charge in [0.1, 0.15) is 6.54 Å². The summed E-state index contributed by atoms with van der Waals surface area (Å²) in [5.41, 5.74) is 0. The quantitative estimate of drug-likeness (QED) is 0.773. The molecule has 1 fully saturated rings. The van der Waals surface area contributed by atoms with Crippen molar-refractivity contribution in [3.05, 3.63) is 0 Å². The number of carboxylic acids is 1. The lowest BCUT2D eigenvalue weighted by molar-refractivity contribution is -0.138. The summed E-state index contributed by atoms with van der Waals surface area (Å²) in [5.74, 6) is -1.19. The third-order valence-electron chi connectivity index (χ3n) is 3.00. The van der Waals surface area contributed by atoms with Gasteiger partial charge in [0.25, 0.3) is 0 Å². The van der Waals surface area contributed by atoms with Crippen LogP contribution < -0.4 is 5.32 Å². The van der Waals surface area contributed by atoms with Crippen molar-refractivity contribution in [1.82, 2.24) is 10.2 Å². The Hall–Kier alpha value is -0.810. The van der Waals surface area contributed by atoms with Crippen LogP contribution in [0.2, 0.25) is 0 Å². The molecular weight excluding hydrogens is 244 g/mol. The van der Waals surface area contributed by atoms with E-state index in [4.69, 9.17) is 5.11 Å². The number of nitrogens with one attached hydrogen (secondary N) is 1. The van der Waals surface area contributed by atoms with Crippen LogP contribution in [0.5, 0.6) is 0 Å². The average Bonchev–Trinajstić information content (AvgIpc) is 2.27. The van der Waals surface area contributed by atoms with Gasteiger partial charge in [0.2, 0.25) is 5.91 Å². The Bertz CT molecular complexity index is 261. The molecule has 0 aliphatic carbocycles. The molecule has 0 radical (unpaired) electrons. The fraction of sp³-hybridized carbons (Fsp3) is 0.818. The van der Waals surface area contributed by atoms with E-state index in [1.54, 1.807) is 0 Å². The summed E-state index contributed by atoms with van der Waals surface area (Å²) in [6.07, 6.45) is 4.55. The molecule has 0 aromatic rings. The first kappa shape index (κ1) is 16.2. The van der Waals surface area contributed by atoms with E-state index >= 15 is 0 Å². The molecule has 1 aliphatic heterocycles. The average molecular weight is 265 g/mol. The summed E-state index contributed by atoms with van der Waals surface area (Å²) in [6, 6.07) is 0.476. The van der Waals surface area contributed by atoms with Gasteiger partial charge in [-0.15, -0.1) is 12.4 Å². The van der Waals surface area contributed by atoms with Gasteiger partial charge in [-0.25, -0.2) is 0 Å². The van der Waals surface area contributed by atoms with E-state index in [1.807, 2.05) is 0 Å². The lowest BCUT2D eigenvalue weighted by Gasteiger charge is -2.34. The zero-order valence-corrected chi connectivity index (χ0v) is 11.0. The summed E-state index contributed by atoms with van der Waals surface area (Å²) in [7, 11) is 0. The van der Waals surface area contributed by atoms with Crippen molar-refractivity contribution < 1.29 is 14.7 Å². The van der Waals surface area contributed by atoms with Crippen molar-refractivity contribution in [2.45, 2.75) is 38.6 Å². The molecular formula is C11H21ClN2O3. The van der Waals surface area contributed by atoms with Crippen molar-refractivity contribution in [1.29, 1.82) is 0 Å². The van der Waals surface area contributed by atoms with Crippen LogP contribution in [0.25, 0.3) is 0 Å². The van der Waals surface area contributed by atoms with E-state index in [2.05, 4.69) is 17.1 Å². The van der Waals surface area contributed by atoms with Crippen molar-refractivity contribution in [2.24, 2.45) is 0 Å². The smallest absolute Gasteiger partial charge is 0.322 e. The van der Waals surface area contributed by atoms with Crippen LogP contribution in [-0.4, -0.2) is 47.6 Å². The number of carbonyl (C=O) groups is 2. The van der Waals surface area contributed by atoms with E-state index in [-0.39, 0.29) is 24.9 Å². The Morgan fingerprint density at radius 2 is 2.12 bits per heavy atom. The summed E-state index contributed by atoms with van der Waals surface area (Å²) in [6.45, 7) is 3.10. The van der Waals surface area contributed by atoms with Gasteiger partial charge in [0.15, 0.2) is 0 Å². The number of aliphatic carboxylic acids is 1. The molecule has 6 heteroatoms. The molecule has 1 atom stereocenters. The van der Waals surface area contributed by atoms with Gasteiger partial charge in [-0.3, -0.25) is 14.5 Å². The van der Waals surface area contributed by atoms with Crippen LogP contribution >= 0.6 is 12.4 Å². The zero-order chi connectivity index (χ0) is 12.0. The maximum atomic E-state index is 11.5. The van der Waals surface area contributed by atoms with Crippen molar-refractivity contribution >= 4 is 24.3 Å². The molecule has 1 unspecified atom stereocenters. The molecule has 1 rings (SSSR count). The zero-order valence-electron chi connectivity index (χ0n) is 10.1. The minimum absolute atomic E-state index is 0. The number of carbonyl (C=O) groups excluding carboxylic acids is 1. The van der Waals surface area contributed by atoms with Crippen molar-refractivity contribution in [3.8, 4) is 0 Å². The Morgan fingerprint density at radius 3 is 2.71 bits per heavy atom. The van der Waals surface area contributed by atoms with E-state index in [1.165, 1.54) is 6.42 Å². The second kappa shape index (κ2) is 8.31. The summed E-state index contributed by atoms with van der Waals surface area (Å²) in [4.78, 5) is 23.9. The first-order chi connectivity index (χ1) is 7.63. The predicted molar refractivity (Wildman–Crippen MR) is 67.4 cm³/mol. The topological polar surface area (TPSA) is 69.6 Å². The number of hydrogen-bond acceptors (Lipinski definition) is 3.